The Morgan fingerprint density at radius 3 is 2.65 bits per heavy atom. The van der Waals surface area contributed by atoms with Crippen molar-refractivity contribution in [3.8, 4) is 0 Å². The molecule has 8 nitrogen and oxygen atoms in total. The summed E-state index contributed by atoms with van der Waals surface area (Å²) in [4.78, 5) is 27.5. The van der Waals surface area contributed by atoms with Gasteiger partial charge in [-0.1, -0.05) is 29.3 Å². The summed E-state index contributed by atoms with van der Waals surface area (Å²) in [5.41, 5.74) is 0.0298. The number of aromatic amines is 1. The number of hydrogen-bond donors (Lipinski definition) is 4. The van der Waals surface area contributed by atoms with Crippen molar-refractivity contribution in [2.45, 2.75) is 25.9 Å². The van der Waals surface area contributed by atoms with Crippen molar-refractivity contribution in [2.75, 3.05) is 18.4 Å². The average Bonchev–Trinajstić information content (AvgIpc) is 3.12. The van der Waals surface area contributed by atoms with E-state index < -0.39 is 11.4 Å². The Hall–Kier alpha value is -2.26. The average molecular weight is 487 g/mol. The Morgan fingerprint density at radius 2 is 1.97 bits per heavy atom. The number of aliphatic carboxylic acids is 1. The molecule has 0 radical (unpaired) electrons. The van der Waals surface area contributed by atoms with Crippen LogP contribution in [0.4, 0.5) is 5.82 Å². The van der Waals surface area contributed by atoms with Gasteiger partial charge in [-0.3, -0.25) is 14.3 Å². The van der Waals surface area contributed by atoms with E-state index in [1.807, 2.05) is 6.07 Å². The molecule has 0 unspecified atom stereocenters. The number of carboxylic acid groups (broad SMARTS) is 1. The van der Waals surface area contributed by atoms with Crippen LogP contribution >= 0.6 is 35.6 Å². The SMILES string of the molecule is Cl.O=C(O)C1(Cn2ncc3cc(NCc4ccc(Cl)c(Cl)c4)[nH]c(=O)c32)CCNCC1. The maximum Gasteiger partial charge on any atom is 0.311 e. The minimum Gasteiger partial charge on any atom is -0.481 e. The van der Waals surface area contributed by atoms with Crippen LogP contribution in [0.15, 0.2) is 35.3 Å². The number of carboxylic acids is 1. The number of benzene rings is 1. The van der Waals surface area contributed by atoms with Crippen LogP contribution < -0.4 is 16.2 Å². The molecule has 11 heteroatoms. The fourth-order valence-corrected chi connectivity index (χ4v) is 4.14. The van der Waals surface area contributed by atoms with Gasteiger partial charge in [-0.15, -0.1) is 12.4 Å². The molecule has 3 aromatic rings. The summed E-state index contributed by atoms with van der Waals surface area (Å²) >= 11 is 12.0. The first-order valence-corrected chi connectivity index (χ1v) is 10.3. The van der Waals surface area contributed by atoms with E-state index in [2.05, 4.69) is 20.7 Å². The fourth-order valence-electron chi connectivity index (χ4n) is 3.82. The number of carbonyl (C=O) groups is 1. The second-order valence-corrected chi connectivity index (χ2v) is 8.37. The zero-order valence-electron chi connectivity index (χ0n) is 16.5. The van der Waals surface area contributed by atoms with E-state index in [9.17, 15) is 14.7 Å². The first-order valence-electron chi connectivity index (χ1n) is 9.59. The highest BCUT2D eigenvalue weighted by Crippen LogP contribution is 2.32. The quantitative estimate of drug-likeness (QED) is 0.424. The number of anilines is 1. The van der Waals surface area contributed by atoms with Gasteiger partial charge in [0.05, 0.1) is 28.2 Å². The number of nitrogens with zero attached hydrogens (tertiary/aromatic N) is 2. The van der Waals surface area contributed by atoms with Crippen molar-refractivity contribution in [3.63, 3.8) is 0 Å². The van der Waals surface area contributed by atoms with Gasteiger partial charge in [0.15, 0.2) is 0 Å². The van der Waals surface area contributed by atoms with E-state index in [0.29, 0.717) is 59.2 Å². The second-order valence-electron chi connectivity index (χ2n) is 7.56. The lowest BCUT2D eigenvalue weighted by Crippen LogP contribution is -2.45. The lowest BCUT2D eigenvalue weighted by atomic mass is 9.79. The van der Waals surface area contributed by atoms with Crippen LogP contribution in [0.2, 0.25) is 10.0 Å². The Morgan fingerprint density at radius 1 is 1.23 bits per heavy atom. The van der Waals surface area contributed by atoms with E-state index in [-0.39, 0.29) is 24.5 Å². The van der Waals surface area contributed by atoms with E-state index in [1.54, 1.807) is 24.4 Å². The number of H-pyrrole nitrogens is 1. The third-order valence-corrected chi connectivity index (χ3v) is 6.30. The summed E-state index contributed by atoms with van der Waals surface area (Å²) in [7, 11) is 0. The normalized spacial score (nSPS) is 15.4. The molecule has 1 aliphatic heterocycles. The lowest BCUT2D eigenvalue weighted by molar-refractivity contribution is -0.151. The maximum atomic E-state index is 12.8. The summed E-state index contributed by atoms with van der Waals surface area (Å²) in [6.07, 6.45) is 2.57. The summed E-state index contributed by atoms with van der Waals surface area (Å²) in [6, 6.07) is 7.11. The number of aromatic nitrogens is 3. The molecule has 1 fully saturated rings. The van der Waals surface area contributed by atoms with Crippen molar-refractivity contribution in [3.05, 3.63) is 56.4 Å². The molecule has 4 N–H and O–H groups in total. The predicted octanol–water partition coefficient (Wildman–Crippen LogP) is 3.52. The lowest BCUT2D eigenvalue weighted by Gasteiger charge is -2.33. The van der Waals surface area contributed by atoms with Crippen molar-refractivity contribution < 1.29 is 9.90 Å². The number of pyridine rings is 1. The molecule has 166 valence electrons. The van der Waals surface area contributed by atoms with Gasteiger partial charge in [-0.25, -0.2) is 0 Å². The van der Waals surface area contributed by atoms with Gasteiger partial charge in [-0.2, -0.15) is 5.10 Å². The molecule has 3 heterocycles. The first-order chi connectivity index (χ1) is 14.4. The van der Waals surface area contributed by atoms with E-state index >= 15 is 0 Å². The molecule has 1 aromatic carbocycles. The molecule has 2 aromatic heterocycles. The van der Waals surface area contributed by atoms with Gasteiger partial charge < -0.3 is 20.7 Å². The van der Waals surface area contributed by atoms with Gasteiger partial charge in [0.2, 0.25) is 0 Å². The molecule has 31 heavy (non-hydrogen) atoms. The third-order valence-electron chi connectivity index (χ3n) is 5.56. The van der Waals surface area contributed by atoms with Crippen molar-refractivity contribution in [1.29, 1.82) is 0 Å². The van der Waals surface area contributed by atoms with Gasteiger partial charge in [-0.05, 0) is 49.7 Å². The van der Waals surface area contributed by atoms with Gasteiger partial charge in [0.1, 0.15) is 11.3 Å². The monoisotopic (exact) mass is 485 g/mol. The zero-order valence-corrected chi connectivity index (χ0v) is 18.8. The number of halogens is 3. The van der Waals surface area contributed by atoms with Crippen molar-refractivity contribution in [2.24, 2.45) is 5.41 Å². The van der Waals surface area contributed by atoms with Crippen LogP contribution in [0.5, 0.6) is 0 Å². The van der Waals surface area contributed by atoms with Gasteiger partial charge in [0.25, 0.3) is 5.56 Å². The second kappa shape index (κ2) is 9.48. The summed E-state index contributed by atoms with van der Waals surface area (Å²) in [6.45, 7) is 1.86. The molecule has 0 atom stereocenters. The molecule has 1 aliphatic rings. The highest BCUT2D eigenvalue weighted by molar-refractivity contribution is 6.42. The van der Waals surface area contributed by atoms with E-state index in [4.69, 9.17) is 23.2 Å². The van der Waals surface area contributed by atoms with Crippen molar-refractivity contribution in [1.82, 2.24) is 20.1 Å². The third kappa shape index (κ3) is 4.82. The van der Waals surface area contributed by atoms with E-state index in [1.165, 1.54) is 4.68 Å². The molecule has 4 rings (SSSR count). The molecule has 0 spiro atoms. The van der Waals surface area contributed by atoms with Gasteiger partial charge in [0, 0.05) is 11.9 Å². The number of fused-ring (bicyclic) bond motifs is 1. The number of hydrogen-bond acceptors (Lipinski definition) is 5. The minimum absolute atomic E-state index is 0. The predicted molar refractivity (Wildman–Crippen MR) is 124 cm³/mol. The first kappa shape index (κ1) is 23.4. The maximum absolute atomic E-state index is 12.8. The van der Waals surface area contributed by atoms with Crippen LogP contribution in [-0.2, 0) is 17.9 Å². The number of nitrogens with one attached hydrogen (secondary N) is 3. The minimum atomic E-state index is -0.929. The summed E-state index contributed by atoms with van der Waals surface area (Å²) in [5.74, 6) is -0.322. The topological polar surface area (TPSA) is 112 Å². The molecule has 1 saturated heterocycles. The fraction of sp³-hybridized carbons (Fsp3) is 0.350. The highest BCUT2D eigenvalue weighted by atomic mass is 35.5. The van der Waals surface area contributed by atoms with Gasteiger partial charge >= 0.3 is 5.97 Å². The smallest absolute Gasteiger partial charge is 0.311 e. The summed E-state index contributed by atoms with van der Waals surface area (Å²) in [5, 5.41) is 22.0. The molecular formula is C20H22Cl3N5O3. The largest absolute Gasteiger partial charge is 0.481 e. The highest BCUT2D eigenvalue weighted by Gasteiger charge is 2.40. The van der Waals surface area contributed by atoms with Crippen LogP contribution in [0.1, 0.15) is 18.4 Å². The van der Waals surface area contributed by atoms with E-state index in [0.717, 1.165) is 5.56 Å². The Balaban J connectivity index is 0.00000272. The number of rotatable bonds is 6. The molecule has 0 saturated carbocycles. The Labute approximate surface area is 194 Å². The Kier molecular flexibility index (Phi) is 7.16. The summed E-state index contributed by atoms with van der Waals surface area (Å²) < 4.78 is 1.51. The Bertz CT molecular complexity index is 1150. The zero-order chi connectivity index (χ0) is 21.3. The van der Waals surface area contributed by atoms with Crippen molar-refractivity contribution >= 4 is 58.3 Å². The standard InChI is InChI=1S/C20H21Cl2N5O3.ClH/c21-14-2-1-12(7-15(14)22)9-24-16-8-13-10-25-27(17(13)18(28)26-16)11-20(19(29)30)3-5-23-6-4-20;/h1-2,7-8,10,23H,3-6,9,11H2,(H,29,30)(H2,24,26,28);1H. The van der Waals surface area contributed by atoms with Crippen LogP contribution in [0.3, 0.4) is 0 Å². The number of piperidine rings is 1. The molecule has 0 bridgehead atoms. The van der Waals surface area contributed by atoms with Crippen LogP contribution in [0.25, 0.3) is 10.9 Å². The van der Waals surface area contributed by atoms with Crippen LogP contribution in [-0.4, -0.2) is 38.9 Å². The molecule has 0 amide bonds. The molecular weight excluding hydrogens is 465 g/mol. The van der Waals surface area contributed by atoms with Crippen LogP contribution in [0, 0.1) is 5.41 Å². The molecule has 0 aliphatic carbocycles.